The Morgan fingerprint density at radius 2 is 1.85 bits per heavy atom. The van der Waals surface area contributed by atoms with E-state index in [-0.39, 0.29) is 17.9 Å². The molecule has 2 aromatic carbocycles. The maximum Gasteiger partial charge on any atom is 0.340 e. The molecule has 26 heavy (non-hydrogen) atoms. The summed E-state index contributed by atoms with van der Waals surface area (Å²) in [6, 6.07) is 11.3. The quantitative estimate of drug-likeness (QED) is 0.493. The Hall–Kier alpha value is -3.68. The van der Waals surface area contributed by atoms with Crippen LogP contribution in [0.25, 0.3) is 11.0 Å². The molecule has 0 unspecified atom stereocenters. The van der Waals surface area contributed by atoms with E-state index in [0.29, 0.717) is 5.69 Å². The highest BCUT2D eigenvalue weighted by molar-refractivity contribution is 6.44. The lowest BCUT2D eigenvalue weighted by Gasteiger charge is -2.10. The standard InChI is InChI=1S/C18H16N4O4/c1-2-26-18(25)12-5-3-4-6-13(12)22-17(24)16(23)21-11-7-8-14-15(9-11)20-10-19-14/h3-10H,2H2,1H3,(H,19,20)(H,21,23)(H,22,24). The van der Waals surface area contributed by atoms with E-state index < -0.39 is 17.8 Å². The van der Waals surface area contributed by atoms with E-state index in [1.165, 1.54) is 18.5 Å². The van der Waals surface area contributed by atoms with Crippen molar-refractivity contribution in [2.24, 2.45) is 0 Å². The first-order valence-corrected chi connectivity index (χ1v) is 7.90. The maximum absolute atomic E-state index is 12.2. The van der Waals surface area contributed by atoms with Crippen molar-refractivity contribution in [3.8, 4) is 0 Å². The van der Waals surface area contributed by atoms with E-state index in [0.717, 1.165) is 11.0 Å². The number of esters is 1. The lowest BCUT2D eigenvalue weighted by atomic mass is 10.2. The van der Waals surface area contributed by atoms with Crippen molar-refractivity contribution in [1.82, 2.24) is 9.97 Å². The third kappa shape index (κ3) is 3.69. The topological polar surface area (TPSA) is 113 Å². The number of H-pyrrole nitrogens is 1. The highest BCUT2D eigenvalue weighted by atomic mass is 16.5. The molecule has 0 spiro atoms. The molecule has 1 heterocycles. The van der Waals surface area contributed by atoms with Crippen molar-refractivity contribution in [3.63, 3.8) is 0 Å². The van der Waals surface area contributed by atoms with E-state index >= 15 is 0 Å². The van der Waals surface area contributed by atoms with Gasteiger partial charge < -0.3 is 20.4 Å². The molecule has 1 aromatic heterocycles. The third-order valence-electron chi connectivity index (χ3n) is 3.55. The number of aromatic nitrogens is 2. The number of anilines is 2. The second kappa shape index (κ2) is 7.47. The number of ether oxygens (including phenoxy) is 1. The van der Waals surface area contributed by atoms with Crippen LogP contribution >= 0.6 is 0 Å². The summed E-state index contributed by atoms with van der Waals surface area (Å²) in [5, 5.41) is 4.93. The number of rotatable bonds is 4. The number of fused-ring (bicyclic) bond motifs is 1. The largest absolute Gasteiger partial charge is 0.462 e. The number of nitrogens with one attached hydrogen (secondary N) is 3. The van der Waals surface area contributed by atoms with Crippen LogP contribution < -0.4 is 10.6 Å². The number of hydrogen-bond donors (Lipinski definition) is 3. The van der Waals surface area contributed by atoms with Gasteiger partial charge in [0.1, 0.15) is 0 Å². The Balaban J connectivity index is 1.71. The van der Waals surface area contributed by atoms with Crippen LogP contribution in [0.4, 0.5) is 11.4 Å². The molecule has 3 aromatic rings. The molecule has 8 heteroatoms. The number of amides is 2. The zero-order chi connectivity index (χ0) is 18.5. The molecule has 0 aliphatic heterocycles. The van der Waals surface area contributed by atoms with Crippen LogP contribution in [0.1, 0.15) is 17.3 Å². The molecule has 132 valence electrons. The van der Waals surface area contributed by atoms with Gasteiger partial charge in [0.15, 0.2) is 0 Å². The van der Waals surface area contributed by atoms with Gasteiger partial charge in [0.25, 0.3) is 0 Å². The van der Waals surface area contributed by atoms with Crippen LogP contribution in [-0.4, -0.2) is 34.4 Å². The van der Waals surface area contributed by atoms with Gasteiger partial charge in [-0.3, -0.25) is 9.59 Å². The minimum absolute atomic E-state index is 0.175. The van der Waals surface area contributed by atoms with Crippen LogP contribution in [-0.2, 0) is 14.3 Å². The summed E-state index contributed by atoms with van der Waals surface area (Å²) in [6.45, 7) is 1.89. The smallest absolute Gasteiger partial charge is 0.340 e. The fraction of sp³-hybridized carbons (Fsp3) is 0.111. The minimum Gasteiger partial charge on any atom is -0.462 e. The van der Waals surface area contributed by atoms with Crippen LogP contribution in [0.5, 0.6) is 0 Å². The average Bonchev–Trinajstić information content (AvgIpc) is 3.10. The monoisotopic (exact) mass is 352 g/mol. The molecule has 0 radical (unpaired) electrons. The molecule has 0 aliphatic rings. The van der Waals surface area contributed by atoms with Gasteiger partial charge in [-0.15, -0.1) is 0 Å². The van der Waals surface area contributed by atoms with Gasteiger partial charge in [0.2, 0.25) is 0 Å². The number of nitrogens with zero attached hydrogens (tertiary/aromatic N) is 1. The zero-order valence-electron chi connectivity index (χ0n) is 13.9. The third-order valence-corrected chi connectivity index (χ3v) is 3.55. The first kappa shape index (κ1) is 17.2. The zero-order valence-corrected chi connectivity index (χ0v) is 13.9. The second-order valence-electron chi connectivity index (χ2n) is 5.31. The van der Waals surface area contributed by atoms with Crippen LogP contribution in [0.2, 0.25) is 0 Å². The van der Waals surface area contributed by atoms with Gasteiger partial charge in [-0.25, -0.2) is 9.78 Å². The molecule has 0 atom stereocenters. The number of hydrogen-bond acceptors (Lipinski definition) is 5. The predicted octanol–water partition coefficient (Wildman–Crippen LogP) is 2.32. The molecule has 8 nitrogen and oxygen atoms in total. The summed E-state index contributed by atoms with van der Waals surface area (Å²) < 4.78 is 4.94. The van der Waals surface area contributed by atoms with Gasteiger partial charge in [-0.2, -0.15) is 0 Å². The number of para-hydroxylation sites is 1. The number of carbonyl (C=O) groups excluding carboxylic acids is 3. The van der Waals surface area contributed by atoms with Crippen LogP contribution in [0.15, 0.2) is 48.8 Å². The van der Waals surface area contributed by atoms with Crippen molar-refractivity contribution in [1.29, 1.82) is 0 Å². The highest BCUT2D eigenvalue weighted by Gasteiger charge is 2.18. The van der Waals surface area contributed by atoms with Gasteiger partial charge in [-0.1, -0.05) is 12.1 Å². The Morgan fingerprint density at radius 3 is 2.65 bits per heavy atom. The van der Waals surface area contributed by atoms with E-state index in [1.807, 2.05) is 0 Å². The lowest BCUT2D eigenvalue weighted by molar-refractivity contribution is -0.133. The van der Waals surface area contributed by atoms with Gasteiger partial charge in [-0.05, 0) is 37.3 Å². The van der Waals surface area contributed by atoms with Crippen molar-refractivity contribution < 1.29 is 19.1 Å². The molecule has 0 bridgehead atoms. The summed E-state index contributed by atoms with van der Waals surface area (Å²) in [4.78, 5) is 43.2. The summed E-state index contributed by atoms with van der Waals surface area (Å²) >= 11 is 0. The summed E-state index contributed by atoms with van der Waals surface area (Å²) in [5.41, 5.74) is 2.30. The summed E-state index contributed by atoms with van der Waals surface area (Å²) in [5.74, 6) is -2.33. The van der Waals surface area contributed by atoms with E-state index in [4.69, 9.17) is 4.74 Å². The van der Waals surface area contributed by atoms with Gasteiger partial charge in [0, 0.05) is 5.69 Å². The highest BCUT2D eigenvalue weighted by Crippen LogP contribution is 2.18. The summed E-state index contributed by atoms with van der Waals surface area (Å²) in [7, 11) is 0. The molecule has 3 N–H and O–H groups in total. The summed E-state index contributed by atoms with van der Waals surface area (Å²) in [6.07, 6.45) is 1.54. The average molecular weight is 352 g/mol. The first-order valence-electron chi connectivity index (χ1n) is 7.90. The van der Waals surface area contributed by atoms with E-state index in [2.05, 4.69) is 20.6 Å². The fourth-order valence-electron chi connectivity index (χ4n) is 2.36. The second-order valence-corrected chi connectivity index (χ2v) is 5.31. The molecule has 2 amide bonds. The number of imidazole rings is 1. The molecule has 0 aliphatic carbocycles. The van der Waals surface area contributed by atoms with E-state index in [1.54, 1.807) is 37.3 Å². The number of aromatic amines is 1. The van der Waals surface area contributed by atoms with Gasteiger partial charge >= 0.3 is 17.8 Å². The number of benzene rings is 2. The van der Waals surface area contributed by atoms with Crippen molar-refractivity contribution in [2.75, 3.05) is 17.2 Å². The lowest BCUT2D eigenvalue weighted by Crippen LogP contribution is -2.29. The fourth-order valence-corrected chi connectivity index (χ4v) is 2.36. The van der Waals surface area contributed by atoms with Crippen molar-refractivity contribution >= 4 is 40.2 Å². The molecule has 0 fully saturated rings. The Bertz CT molecular complexity index is 980. The molecule has 3 rings (SSSR count). The normalized spacial score (nSPS) is 10.3. The predicted molar refractivity (Wildman–Crippen MR) is 95.8 cm³/mol. The van der Waals surface area contributed by atoms with E-state index in [9.17, 15) is 14.4 Å². The molecular weight excluding hydrogens is 336 g/mol. The van der Waals surface area contributed by atoms with Gasteiger partial charge in [0.05, 0.1) is 35.2 Å². The Morgan fingerprint density at radius 1 is 1.08 bits per heavy atom. The van der Waals surface area contributed by atoms with Crippen molar-refractivity contribution in [2.45, 2.75) is 6.92 Å². The first-order chi connectivity index (χ1) is 12.6. The van der Waals surface area contributed by atoms with Crippen LogP contribution in [0, 0.1) is 0 Å². The Kier molecular flexibility index (Phi) is 4.93. The molecular formula is C18H16N4O4. The SMILES string of the molecule is CCOC(=O)c1ccccc1NC(=O)C(=O)Nc1ccc2nc[nH]c2c1. The Labute approximate surface area is 148 Å². The molecule has 0 saturated heterocycles. The van der Waals surface area contributed by atoms with Crippen molar-refractivity contribution in [3.05, 3.63) is 54.4 Å². The number of carbonyl (C=O) groups is 3. The maximum atomic E-state index is 12.2. The van der Waals surface area contributed by atoms with Crippen LogP contribution in [0.3, 0.4) is 0 Å². The molecule has 0 saturated carbocycles. The minimum atomic E-state index is -0.897.